The molecule has 0 spiro atoms. The average Bonchev–Trinajstić information content (AvgIpc) is 2.34. The van der Waals surface area contributed by atoms with E-state index in [1.807, 2.05) is 26.8 Å². The molecule has 0 saturated carbocycles. The molecule has 2 rings (SSSR count). The SMILES string of the molecule is Cc1cccc(S(=O)(=O)Nc2c(C)cc(N)cc2C)c1. The molecule has 0 heterocycles. The minimum atomic E-state index is -3.58. The Balaban J connectivity index is 2.44. The van der Waals surface area contributed by atoms with Crippen LogP contribution in [-0.4, -0.2) is 8.42 Å². The zero-order valence-electron chi connectivity index (χ0n) is 11.8. The van der Waals surface area contributed by atoms with Crippen LogP contribution in [-0.2, 0) is 10.0 Å². The van der Waals surface area contributed by atoms with E-state index < -0.39 is 10.0 Å². The number of hydrogen-bond donors (Lipinski definition) is 2. The lowest BCUT2D eigenvalue weighted by atomic mass is 10.1. The largest absolute Gasteiger partial charge is 0.399 e. The third-order valence-electron chi connectivity index (χ3n) is 3.09. The van der Waals surface area contributed by atoms with Crippen molar-refractivity contribution in [2.45, 2.75) is 25.7 Å². The van der Waals surface area contributed by atoms with Gasteiger partial charge in [-0.15, -0.1) is 0 Å². The van der Waals surface area contributed by atoms with E-state index >= 15 is 0 Å². The predicted molar refractivity (Wildman–Crippen MR) is 82.3 cm³/mol. The summed E-state index contributed by atoms with van der Waals surface area (Å²) in [6.45, 7) is 5.52. The molecule has 106 valence electrons. The van der Waals surface area contributed by atoms with Gasteiger partial charge in [0, 0.05) is 5.69 Å². The van der Waals surface area contributed by atoms with Crippen molar-refractivity contribution in [2.75, 3.05) is 10.5 Å². The number of nitrogen functional groups attached to an aromatic ring is 1. The second-order valence-electron chi connectivity index (χ2n) is 4.95. The number of aryl methyl sites for hydroxylation is 3. The average molecular weight is 290 g/mol. The van der Waals surface area contributed by atoms with Gasteiger partial charge in [0.25, 0.3) is 10.0 Å². The molecule has 0 bridgehead atoms. The lowest BCUT2D eigenvalue weighted by Crippen LogP contribution is -2.15. The maximum atomic E-state index is 12.4. The molecule has 0 unspecified atom stereocenters. The summed E-state index contributed by atoms with van der Waals surface area (Å²) < 4.78 is 27.4. The molecule has 2 aromatic rings. The summed E-state index contributed by atoms with van der Waals surface area (Å²) in [4.78, 5) is 0.258. The fourth-order valence-electron chi connectivity index (χ4n) is 2.13. The minimum Gasteiger partial charge on any atom is -0.399 e. The molecule has 0 amide bonds. The Labute approximate surface area is 119 Å². The number of anilines is 2. The smallest absolute Gasteiger partial charge is 0.261 e. The van der Waals surface area contributed by atoms with Crippen molar-refractivity contribution in [1.82, 2.24) is 0 Å². The van der Waals surface area contributed by atoms with E-state index in [1.165, 1.54) is 0 Å². The Hall–Kier alpha value is -2.01. The van der Waals surface area contributed by atoms with E-state index in [0.29, 0.717) is 11.4 Å². The highest BCUT2D eigenvalue weighted by molar-refractivity contribution is 7.92. The van der Waals surface area contributed by atoms with Gasteiger partial charge in [-0.2, -0.15) is 0 Å². The van der Waals surface area contributed by atoms with Crippen LogP contribution in [0.4, 0.5) is 11.4 Å². The number of nitrogens with two attached hydrogens (primary N) is 1. The Bertz CT molecular complexity index is 729. The van der Waals surface area contributed by atoms with Crippen LogP contribution < -0.4 is 10.5 Å². The van der Waals surface area contributed by atoms with E-state index in [2.05, 4.69) is 4.72 Å². The maximum absolute atomic E-state index is 12.4. The Morgan fingerprint density at radius 1 is 1.00 bits per heavy atom. The van der Waals surface area contributed by atoms with Gasteiger partial charge < -0.3 is 5.73 Å². The van der Waals surface area contributed by atoms with Gasteiger partial charge in [-0.3, -0.25) is 4.72 Å². The van der Waals surface area contributed by atoms with Gasteiger partial charge in [0.05, 0.1) is 10.6 Å². The lowest BCUT2D eigenvalue weighted by Gasteiger charge is -2.14. The van der Waals surface area contributed by atoms with Gasteiger partial charge in [-0.25, -0.2) is 8.42 Å². The van der Waals surface area contributed by atoms with Gasteiger partial charge in [0.1, 0.15) is 0 Å². The summed E-state index contributed by atoms with van der Waals surface area (Å²) in [5.41, 5.74) is 9.46. The van der Waals surface area contributed by atoms with E-state index in [1.54, 1.807) is 30.3 Å². The van der Waals surface area contributed by atoms with Crippen LogP contribution >= 0.6 is 0 Å². The Morgan fingerprint density at radius 2 is 1.60 bits per heavy atom. The second kappa shape index (κ2) is 5.17. The number of sulfonamides is 1. The van der Waals surface area contributed by atoms with E-state index in [4.69, 9.17) is 5.73 Å². The van der Waals surface area contributed by atoms with Crippen molar-refractivity contribution in [2.24, 2.45) is 0 Å². The van der Waals surface area contributed by atoms with Crippen molar-refractivity contribution in [3.8, 4) is 0 Å². The molecule has 20 heavy (non-hydrogen) atoms. The van der Waals surface area contributed by atoms with Gasteiger partial charge in [-0.05, 0) is 61.7 Å². The van der Waals surface area contributed by atoms with Crippen LogP contribution in [0.5, 0.6) is 0 Å². The molecule has 0 aliphatic carbocycles. The van der Waals surface area contributed by atoms with Crippen LogP contribution in [0.2, 0.25) is 0 Å². The van der Waals surface area contributed by atoms with E-state index in [-0.39, 0.29) is 4.90 Å². The number of rotatable bonds is 3. The van der Waals surface area contributed by atoms with Gasteiger partial charge in [0.2, 0.25) is 0 Å². The number of hydrogen-bond acceptors (Lipinski definition) is 3. The molecule has 0 aliphatic rings. The van der Waals surface area contributed by atoms with Crippen LogP contribution in [0.25, 0.3) is 0 Å². The molecule has 0 saturated heterocycles. The summed E-state index contributed by atoms with van der Waals surface area (Å²) in [6, 6.07) is 10.3. The molecular weight excluding hydrogens is 272 g/mol. The fourth-order valence-corrected chi connectivity index (χ4v) is 3.44. The van der Waals surface area contributed by atoms with Crippen LogP contribution in [0.1, 0.15) is 16.7 Å². The molecule has 2 aromatic carbocycles. The van der Waals surface area contributed by atoms with Crippen molar-refractivity contribution in [3.63, 3.8) is 0 Å². The summed E-state index contributed by atoms with van der Waals surface area (Å²) in [5.74, 6) is 0. The van der Waals surface area contributed by atoms with Crippen molar-refractivity contribution in [1.29, 1.82) is 0 Å². The van der Waals surface area contributed by atoms with E-state index in [0.717, 1.165) is 16.7 Å². The molecular formula is C15H18N2O2S. The molecule has 0 aliphatic heterocycles. The van der Waals surface area contributed by atoms with Crippen molar-refractivity contribution < 1.29 is 8.42 Å². The first-order chi connectivity index (χ1) is 9.29. The third kappa shape index (κ3) is 2.93. The Kier molecular flexibility index (Phi) is 3.72. The fraction of sp³-hybridized carbons (Fsp3) is 0.200. The molecule has 0 aromatic heterocycles. The van der Waals surface area contributed by atoms with Gasteiger partial charge in [-0.1, -0.05) is 12.1 Å². The Morgan fingerprint density at radius 3 is 2.15 bits per heavy atom. The first kappa shape index (κ1) is 14.4. The topological polar surface area (TPSA) is 72.2 Å². The predicted octanol–water partition coefficient (Wildman–Crippen LogP) is 2.99. The van der Waals surface area contributed by atoms with Crippen LogP contribution in [0.15, 0.2) is 41.3 Å². The van der Waals surface area contributed by atoms with Gasteiger partial charge >= 0.3 is 0 Å². The summed E-state index contributed by atoms with van der Waals surface area (Å²) in [7, 11) is -3.58. The highest BCUT2D eigenvalue weighted by Gasteiger charge is 2.16. The zero-order chi connectivity index (χ0) is 14.9. The monoisotopic (exact) mass is 290 g/mol. The van der Waals surface area contributed by atoms with Gasteiger partial charge in [0.15, 0.2) is 0 Å². The maximum Gasteiger partial charge on any atom is 0.261 e. The normalized spacial score (nSPS) is 11.3. The number of nitrogens with one attached hydrogen (secondary N) is 1. The molecule has 4 nitrogen and oxygen atoms in total. The molecule has 0 atom stereocenters. The highest BCUT2D eigenvalue weighted by atomic mass is 32.2. The lowest BCUT2D eigenvalue weighted by molar-refractivity contribution is 0.601. The quantitative estimate of drug-likeness (QED) is 0.854. The highest BCUT2D eigenvalue weighted by Crippen LogP contribution is 2.26. The molecule has 3 N–H and O–H groups in total. The van der Waals surface area contributed by atoms with Crippen LogP contribution in [0, 0.1) is 20.8 Å². The summed E-state index contributed by atoms with van der Waals surface area (Å²) >= 11 is 0. The first-order valence-electron chi connectivity index (χ1n) is 6.26. The van der Waals surface area contributed by atoms with Crippen LogP contribution in [0.3, 0.4) is 0 Å². The molecule has 0 radical (unpaired) electrons. The second-order valence-corrected chi connectivity index (χ2v) is 6.63. The molecule has 5 heteroatoms. The molecule has 0 fully saturated rings. The van der Waals surface area contributed by atoms with E-state index in [9.17, 15) is 8.42 Å². The van der Waals surface area contributed by atoms with Crippen molar-refractivity contribution >= 4 is 21.4 Å². The first-order valence-corrected chi connectivity index (χ1v) is 7.74. The summed E-state index contributed by atoms with van der Waals surface area (Å²) in [6.07, 6.45) is 0. The number of benzene rings is 2. The third-order valence-corrected chi connectivity index (χ3v) is 4.44. The standard InChI is InChI=1S/C15H18N2O2S/c1-10-5-4-6-14(7-10)20(18,19)17-15-11(2)8-13(16)9-12(15)3/h4-9,17H,16H2,1-3H3. The minimum absolute atomic E-state index is 0.258. The summed E-state index contributed by atoms with van der Waals surface area (Å²) in [5, 5.41) is 0. The zero-order valence-corrected chi connectivity index (χ0v) is 12.6. The van der Waals surface area contributed by atoms with Crippen molar-refractivity contribution in [3.05, 3.63) is 53.1 Å².